The van der Waals surface area contributed by atoms with E-state index in [1.807, 2.05) is 36.4 Å². The Hall–Kier alpha value is -3.39. The number of likely N-dealkylation sites (N-methyl/N-ethyl adjacent to an activating group) is 1. The van der Waals surface area contributed by atoms with Crippen molar-refractivity contribution in [3.8, 4) is 11.1 Å². The van der Waals surface area contributed by atoms with Gasteiger partial charge in [-0.15, -0.1) is 0 Å². The average Bonchev–Trinajstić information content (AvgIpc) is 3.09. The Morgan fingerprint density at radius 2 is 1.65 bits per heavy atom. The van der Waals surface area contributed by atoms with E-state index in [9.17, 15) is 14.4 Å². The number of rotatable bonds is 9. The van der Waals surface area contributed by atoms with Gasteiger partial charge in [-0.25, -0.2) is 4.79 Å². The lowest BCUT2D eigenvalue weighted by Gasteiger charge is -2.24. The number of alkyl carbamates (subject to hydrolysis) is 1. The fourth-order valence-electron chi connectivity index (χ4n) is 3.76. The molecule has 8 nitrogen and oxygen atoms in total. The van der Waals surface area contributed by atoms with Gasteiger partial charge in [0, 0.05) is 26.6 Å². The summed E-state index contributed by atoms with van der Waals surface area (Å²) in [5.74, 6) is -1.54. The fraction of sp³-hybridized carbons (Fsp3) is 0.348. The first-order valence-electron chi connectivity index (χ1n) is 9.99. The zero-order valence-electron chi connectivity index (χ0n) is 17.5. The summed E-state index contributed by atoms with van der Waals surface area (Å²) in [6.07, 6.45) is -0.920. The molecule has 0 saturated carbocycles. The van der Waals surface area contributed by atoms with Gasteiger partial charge in [-0.1, -0.05) is 48.5 Å². The summed E-state index contributed by atoms with van der Waals surface area (Å²) in [5, 5.41) is 11.3. The third-order valence-electron chi connectivity index (χ3n) is 5.30. The monoisotopic (exact) mass is 426 g/mol. The second-order valence-corrected chi connectivity index (χ2v) is 7.38. The van der Waals surface area contributed by atoms with Crippen molar-refractivity contribution in [2.24, 2.45) is 0 Å². The fourth-order valence-corrected chi connectivity index (χ4v) is 3.76. The Kier molecular flexibility index (Phi) is 7.25. The third kappa shape index (κ3) is 5.21. The van der Waals surface area contributed by atoms with Crippen LogP contribution >= 0.6 is 0 Å². The molecule has 0 heterocycles. The number of fused-ring (bicyclic) bond motifs is 3. The molecule has 0 radical (unpaired) electrons. The maximum Gasteiger partial charge on any atom is 0.407 e. The Labute approximate surface area is 180 Å². The van der Waals surface area contributed by atoms with Crippen molar-refractivity contribution in [1.29, 1.82) is 0 Å². The number of hydrogen-bond donors (Lipinski definition) is 2. The highest BCUT2D eigenvalue weighted by Crippen LogP contribution is 2.44. The van der Waals surface area contributed by atoms with E-state index in [2.05, 4.69) is 17.4 Å². The molecule has 8 heteroatoms. The number of benzene rings is 2. The third-order valence-corrected chi connectivity index (χ3v) is 5.30. The first kappa shape index (κ1) is 22.3. The molecule has 2 aromatic carbocycles. The Morgan fingerprint density at radius 1 is 1.06 bits per heavy atom. The molecule has 0 saturated heterocycles. The van der Waals surface area contributed by atoms with Crippen molar-refractivity contribution in [2.75, 3.05) is 33.9 Å². The van der Waals surface area contributed by atoms with E-state index in [1.54, 1.807) is 0 Å². The van der Waals surface area contributed by atoms with Crippen molar-refractivity contribution in [1.82, 2.24) is 10.2 Å². The van der Waals surface area contributed by atoms with Crippen LogP contribution < -0.4 is 5.32 Å². The molecule has 2 amide bonds. The number of nitrogens with one attached hydrogen (secondary N) is 1. The molecule has 0 spiro atoms. The van der Waals surface area contributed by atoms with Crippen LogP contribution in [0.25, 0.3) is 11.1 Å². The van der Waals surface area contributed by atoms with Crippen LogP contribution in [0.15, 0.2) is 48.5 Å². The minimum absolute atomic E-state index is 0.0285. The van der Waals surface area contributed by atoms with Crippen molar-refractivity contribution in [2.45, 2.75) is 18.4 Å². The lowest BCUT2D eigenvalue weighted by Crippen LogP contribution is -2.50. The Bertz CT molecular complexity index is 915. The molecule has 0 aromatic heterocycles. The number of amides is 2. The van der Waals surface area contributed by atoms with Crippen LogP contribution in [0.4, 0.5) is 4.79 Å². The van der Waals surface area contributed by atoms with E-state index < -0.39 is 24.0 Å². The van der Waals surface area contributed by atoms with Crippen molar-refractivity contribution < 1.29 is 29.0 Å². The van der Waals surface area contributed by atoms with Gasteiger partial charge < -0.3 is 24.8 Å². The van der Waals surface area contributed by atoms with Crippen LogP contribution in [0.2, 0.25) is 0 Å². The maximum atomic E-state index is 12.6. The summed E-state index contributed by atoms with van der Waals surface area (Å²) in [7, 11) is 2.89. The minimum atomic E-state index is -1.01. The summed E-state index contributed by atoms with van der Waals surface area (Å²) in [6, 6.07) is 15.0. The highest BCUT2D eigenvalue weighted by Gasteiger charge is 2.30. The summed E-state index contributed by atoms with van der Waals surface area (Å²) in [4.78, 5) is 37.0. The minimum Gasteiger partial charge on any atom is -0.481 e. The topological polar surface area (TPSA) is 105 Å². The molecule has 1 aliphatic rings. The molecule has 1 unspecified atom stereocenters. The summed E-state index contributed by atoms with van der Waals surface area (Å²) in [6.45, 7) is 0.101. The van der Waals surface area contributed by atoms with E-state index >= 15 is 0 Å². The van der Waals surface area contributed by atoms with Gasteiger partial charge in [-0.2, -0.15) is 0 Å². The van der Waals surface area contributed by atoms with Crippen LogP contribution in [0.1, 0.15) is 23.5 Å². The van der Waals surface area contributed by atoms with Crippen LogP contribution in [0.5, 0.6) is 0 Å². The highest BCUT2D eigenvalue weighted by molar-refractivity contribution is 5.86. The van der Waals surface area contributed by atoms with Gasteiger partial charge in [-0.3, -0.25) is 9.59 Å². The van der Waals surface area contributed by atoms with Crippen molar-refractivity contribution in [3.63, 3.8) is 0 Å². The predicted octanol–water partition coefficient (Wildman–Crippen LogP) is 2.47. The first-order valence-corrected chi connectivity index (χ1v) is 9.99. The highest BCUT2D eigenvalue weighted by atomic mass is 16.5. The van der Waals surface area contributed by atoms with E-state index in [-0.39, 0.29) is 32.1 Å². The van der Waals surface area contributed by atoms with Gasteiger partial charge in [0.05, 0.1) is 13.0 Å². The first-order chi connectivity index (χ1) is 14.9. The van der Waals surface area contributed by atoms with E-state index in [4.69, 9.17) is 14.6 Å². The van der Waals surface area contributed by atoms with Gasteiger partial charge in [0.15, 0.2) is 0 Å². The lowest BCUT2D eigenvalue weighted by atomic mass is 9.98. The largest absolute Gasteiger partial charge is 0.481 e. The summed E-state index contributed by atoms with van der Waals surface area (Å²) in [5.41, 5.74) is 4.43. The molecule has 3 rings (SSSR count). The van der Waals surface area contributed by atoms with Crippen LogP contribution in [0.3, 0.4) is 0 Å². The zero-order chi connectivity index (χ0) is 22.4. The second kappa shape index (κ2) is 10.1. The number of carboxylic acid groups (broad SMARTS) is 1. The number of methoxy groups -OCH3 is 1. The maximum absolute atomic E-state index is 12.6. The number of carboxylic acids is 1. The van der Waals surface area contributed by atoms with E-state index in [0.29, 0.717) is 0 Å². The molecular formula is C23H26N2O6. The smallest absolute Gasteiger partial charge is 0.407 e. The van der Waals surface area contributed by atoms with Crippen LogP contribution in [-0.4, -0.2) is 67.9 Å². The summed E-state index contributed by atoms with van der Waals surface area (Å²) < 4.78 is 10.5. The number of carbonyl (C=O) groups excluding carboxylic acids is 2. The van der Waals surface area contributed by atoms with Gasteiger partial charge >= 0.3 is 12.1 Å². The number of aliphatic carboxylic acids is 1. The summed E-state index contributed by atoms with van der Waals surface area (Å²) >= 11 is 0. The van der Waals surface area contributed by atoms with E-state index in [1.165, 1.54) is 19.1 Å². The standard InChI is InChI=1S/C23H26N2O6/c1-25(12-11-21(26)27)22(28)20(14-30-2)24-23(29)31-13-19-17-9-5-3-7-15(17)16-8-4-6-10-18(16)19/h3-10,19-20H,11-14H2,1-2H3,(H,24,29)(H,26,27). The van der Waals surface area contributed by atoms with Gasteiger partial charge in [0.25, 0.3) is 0 Å². The van der Waals surface area contributed by atoms with Crippen molar-refractivity contribution in [3.05, 3.63) is 59.7 Å². The quantitative estimate of drug-likeness (QED) is 0.638. The molecule has 1 aliphatic carbocycles. The molecule has 0 fully saturated rings. The van der Waals surface area contributed by atoms with Gasteiger partial charge in [0.1, 0.15) is 12.6 Å². The molecule has 0 aliphatic heterocycles. The molecule has 31 heavy (non-hydrogen) atoms. The molecule has 1 atom stereocenters. The molecule has 0 bridgehead atoms. The lowest BCUT2D eigenvalue weighted by molar-refractivity contribution is -0.138. The average molecular weight is 426 g/mol. The Balaban J connectivity index is 1.63. The van der Waals surface area contributed by atoms with Crippen molar-refractivity contribution >= 4 is 18.0 Å². The SMILES string of the molecule is COCC(NC(=O)OCC1c2ccccc2-c2ccccc21)C(=O)N(C)CCC(=O)O. The molecule has 164 valence electrons. The number of carbonyl (C=O) groups is 3. The van der Waals surface area contributed by atoms with E-state index in [0.717, 1.165) is 22.3 Å². The molecular weight excluding hydrogens is 400 g/mol. The van der Waals surface area contributed by atoms with Gasteiger partial charge in [-0.05, 0) is 22.3 Å². The predicted molar refractivity (Wildman–Crippen MR) is 114 cm³/mol. The Morgan fingerprint density at radius 3 is 2.19 bits per heavy atom. The zero-order valence-corrected chi connectivity index (χ0v) is 17.5. The van der Waals surface area contributed by atoms with Gasteiger partial charge in [0.2, 0.25) is 5.91 Å². The molecule has 2 N–H and O–H groups in total. The van der Waals surface area contributed by atoms with Crippen LogP contribution in [-0.2, 0) is 19.1 Å². The normalized spacial score (nSPS) is 13.1. The second-order valence-electron chi connectivity index (χ2n) is 7.38. The number of nitrogens with zero attached hydrogens (tertiary/aromatic N) is 1. The number of hydrogen-bond acceptors (Lipinski definition) is 5. The van der Waals surface area contributed by atoms with Crippen LogP contribution in [0, 0.1) is 0 Å². The number of ether oxygens (including phenoxy) is 2. The molecule has 2 aromatic rings.